The molecule has 3 rings (SSSR count). The van der Waals surface area contributed by atoms with Crippen molar-refractivity contribution in [2.45, 2.75) is 65.1 Å². The normalized spacial score (nSPS) is 17.3. The smallest absolute Gasteiger partial charge is 0.253 e. The average molecular weight is 399 g/mol. The summed E-state index contributed by atoms with van der Waals surface area (Å²) in [7, 11) is 3.88. The number of rotatable bonds is 5. The zero-order valence-corrected chi connectivity index (χ0v) is 18.2. The largest absolute Gasteiger partial charge is 0.388 e. The van der Waals surface area contributed by atoms with Gasteiger partial charge in [-0.1, -0.05) is 19.8 Å². The van der Waals surface area contributed by atoms with Gasteiger partial charge < -0.3 is 14.9 Å². The van der Waals surface area contributed by atoms with Crippen LogP contribution in [0.5, 0.6) is 0 Å². The van der Waals surface area contributed by atoms with Crippen LogP contribution in [0.3, 0.4) is 0 Å². The van der Waals surface area contributed by atoms with Gasteiger partial charge in [0.1, 0.15) is 0 Å². The molecular formula is C23H34N4O2. The van der Waals surface area contributed by atoms with Crippen LogP contribution in [0, 0.1) is 6.92 Å². The summed E-state index contributed by atoms with van der Waals surface area (Å²) in [6.07, 6.45) is 4.46. The van der Waals surface area contributed by atoms with E-state index in [2.05, 4.69) is 24.0 Å². The van der Waals surface area contributed by atoms with Crippen molar-refractivity contribution >= 4 is 11.6 Å². The number of benzene rings is 1. The maximum absolute atomic E-state index is 13.1. The van der Waals surface area contributed by atoms with Crippen molar-refractivity contribution in [1.82, 2.24) is 14.7 Å². The molecule has 0 radical (unpaired) electrons. The number of aliphatic hydroxyl groups is 1. The number of aromatic nitrogens is 2. The van der Waals surface area contributed by atoms with Gasteiger partial charge in [0.2, 0.25) is 0 Å². The highest BCUT2D eigenvalue weighted by atomic mass is 16.3. The van der Waals surface area contributed by atoms with Crippen molar-refractivity contribution < 1.29 is 9.90 Å². The van der Waals surface area contributed by atoms with Gasteiger partial charge in [-0.05, 0) is 50.5 Å². The predicted octanol–water partition coefficient (Wildman–Crippen LogP) is 3.92. The molecule has 1 aromatic carbocycles. The van der Waals surface area contributed by atoms with Crippen LogP contribution in [0.1, 0.15) is 72.4 Å². The van der Waals surface area contributed by atoms with Gasteiger partial charge >= 0.3 is 0 Å². The molecule has 0 aliphatic carbocycles. The molecule has 0 fully saturated rings. The zero-order chi connectivity index (χ0) is 21.0. The second-order valence-corrected chi connectivity index (χ2v) is 8.22. The van der Waals surface area contributed by atoms with Gasteiger partial charge in [-0.15, -0.1) is 0 Å². The van der Waals surface area contributed by atoms with Crippen molar-refractivity contribution in [3.05, 3.63) is 46.8 Å². The molecule has 1 N–H and O–H groups in total. The maximum Gasteiger partial charge on any atom is 0.253 e. The molecule has 2 heterocycles. The molecule has 6 heteroatoms. The Hall–Kier alpha value is -2.34. The number of hydrogen-bond donors (Lipinski definition) is 1. The van der Waals surface area contributed by atoms with E-state index in [-0.39, 0.29) is 5.91 Å². The van der Waals surface area contributed by atoms with E-state index in [0.29, 0.717) is 12.1 Å². The number of aryl methyl sites for hydroxylation is 2. The molecule has 1 aliphatic heterocycles. The number of carbonyl (C=O) groups excluding carboxylic acids is 1. The summed E-state index contributed by atoms with van der Waals surface area (Å²) in [6.45, 7) is 6.43. The van der Waals surface area contributed by atoms with Crippen molar-refractivity contribution in [3.63, 3.8) is 0 Å². The van der Waals surface area contributed by atoms with Crippen LogP contribution in [0.4, 0.5) is 5.69 Å². The maximum atomic E-state index is 13.1. The van der Waals surface area contributed by atoms with Crippen molar-refractivity contribution in [3.8, 4) is 0 Å². The Morgan fingerprint density at radius 3 is 2.83 bits per heavy atom. The minimum atomic E-state index is -0.530. The Balaban J connectivity index is 1.83. The fraction of sp³-hybridized carbons (Fsp3) is 0.565. The Morgan fingerprint density at radius 1 is 1.28 bits per heavy atom. The van der Waals surface area contributed by atoms with Gasteiger partial charge in [-0.2, -0.15) is 5.10 Å². The van der Waals surface area contributed by atoms with Gasteiger partial charge in [0.25, 0.3) is 5.91 Å². The van der Waals surface area contributed by atoms with Crippen LogP contribution in [0.25, 0.3) is 0 Å². The summed E-state index contributed by atoms with van der Waals surface area (Å²) in [5.74, 6) is -0.0376. The van der Waals surface area contributed by atoms with Crippen LogP contribution in [-0.2, 0) is 13.1 Å². The summed E-state index contributed by atoms with van der Waals surface area (Å²) in [6, 6.07) is 7.79. The van der Waals surface area contributed by atoms with E-state index in [4.69, 9.17) is 0 Å². The Bertz CT molecular complexity index is 845. The number of aliphatic hydroxyl groups excluding tert-OH is 1. The fourth-order valence-electron chi connectivity index (χ4n) is 4.11. The van der Waals surface area contributed by atoms with Crippen molar-refractivity contribution in [2.24, 2.45) is 0 Å². The molecule has 0 saturated carbocycles. The first-order valence-corrected chi connectivity index (χ1v) is 10.7. The van der Waals surface area contributed by atoms with Crippen LogP contribution < -0.4 is 4.90 Å². The lowest BCUT2D eigenvalue weighted by Gasteiger charge is -2.25. The van der Waals surface area contributed by atoms with E-state index >= 15 is 0 Å². The first-order valence-electron chi connectivity index (χ1n) is 10.7. The van der Waals surface area contributed by atoms with Crippen molar-refractivity contribution in [1.29, 1.82) is 0 Å². The summed E-state index contributed by atoms with van der Waals surface area (Å²) in [5, 5.41) is 15.3. The lowest BCUT2D eigenvalue weighted by molar-refractivity contribution is 0.0781. The number of carbonyl (C=O) groups is 1. The van der Waals surface area contributed by atoms with E-state index in [1.165, 1.54) is 0 Å². The number of amides is 1. The van der Waals surface area contributed by atoms with Gasteiger partial charge in [0.05, 0.1) is 24.0 Å². The molecule has 1 unspecified atom stereocenters. The van der Waals surface area contributed by atoms with Crippen molar-refractivity contribution in [2.75, 3.05) is 25.5 Å². The number of fused-ring (bicyclic) bond motifs is 1. The lowest BCUT2D eigenvalue weighted by atomic mass is 9.99. The third-order valence-corrected chi connectivity index (χ3v) is 5.68. The SMILES string of the molecule is CCCn1nc(C)cc1CN(C)C(=O)c1ccc2c(c1)C(O)CCCCCN2C. The third-order valence-electron chi connectivity index (χ3n) is 5.68. The fourth-order valence-corrected chi connectivity index (χ4v) is 4.11. The zero-order valence-electron chi connectivity index (χ0n) is 18.2. The van der Waals surface area contributed by atoms with E-state index in [0.717, 1.165) is 67.8 Å². The molecule has 0 saturated heterocycles. The Morgan fingerprint density at radius 2 is 2.07 bits per heavy atom. The first-order chi connectivity index (χ1) is 13.9. The highest BCUT2D eigenvalue weighted by molar-refractivity contribution is 5.94. The molecule has 0 spiro atoms. The highest BCUT2D eigenvalue weighted by Crippen LogP contribution is 2.32. The Labute approximate surface area is 174 Å². The molecule has 158 valence electrons. The van der Waals surface area contributed by atoms with Crippen LogP contribution >= 0.6 is 0 Å². The van der Waals surface area contributed by atoms with Crippen LogP contribution in [0.15, 0.2) is 24.3 Å². The van der Waals surface area contributed by atoms with E-state index in [1.807, 2.05) is 42.9 Å². The quantitative estimate of drug-likeness (QED) is 0.829. The summed E-state index contributed by atoms with van der Waals surface area (Å²) in [4.78, 5) is 17.0. The monoisotopic (exact) mass is 398 g/mol. The second kappa shape index (κ2) is 9.44. The van der Waals surface area contributed by atoms with Gasteiger partial charge in [-0.3, -0.25) is 9.48 Å². The number of anilines is 1. The average Bonchev–Trinajstić information content (AvgIpc) is 3.07. The van der Waals surface area contributed by atoms with Gasteiger partial charge in [-0.25, -0.2) is 0 Å². The highest BCUT2D eigenvalue weighted by Gasteiger charge is 2.21. The molecule has 2 aromatic rings. The molecule has 1 amide bonds. The number of hydrogen-bond acceptors (Lipinski definition) is 4. The summed E-state index contributed by atoms with van der Waals surface area (Å²) in [5.41, 5.74) is 4.52. The topological polar surface area (TPSA) is 61.6 Å². The van der Waals surface area contributed by atoms with E-state index in [1.54, 1.807) is 4.90 Å². The van der Waals surface area contributed by atoms with E-state index in [9.17, 15) is 9.90 Å². The Kier molecular flexibility index (Phi) is 6.96. The van der Waals surface area contributed by atoms with Gasteiger partial charge in [0.15, 0.2) is 0 Å². The van der Waals surface area contributed by atoms with Crippen LogP contribution in [-0.4, -0.2) is 46.3 Å². The molecule has 1 aromatic heterocycles. The summed E-state index contributed by atoms with van der Waals surface area (Å²) < 4.78 is 1.99. The standard InChI is InChI=1S/C23H34N4O2/c1-5-12-27-19(14-17(2)24-27)16-26(4)23(29)18-10-11-21-20(15-18)22(28)9-7-6-8-13-25(21)3/h10-11,14-15,22,28H,5-9,12-13,16H2,1-4H3. The van der Waals surface area contributed by atoms with E-state index < -0.39 is 6.10 Å². The molecule has 0 bridgehead atoms. The second-order valence-electron chi connectivity index (χ2n) is 8.22. The minimum absolute atomic E-state index is 0.0376. The molecule has 6 nitrogen and oxygen atoms in total. The third kappa shape index (κ3) is 4.99. The minimum Gasteiger partial charge on any atom is -0.388 e. The first kappa shape index (κ1) is 21.4. The molecule has 29 heavy (non-hydrogen) atoms. The predicted molar refractivity (Wildman–Crippen MR) is 116 cm³/mol. The molecule has 1 atom stereocenters. The van der Waals surface area contributed by atoms with Gasteiger partial charge in [0, 0.05) is 44.0 Å². The summed E-state index contributed by atoms with van der Waals surface area (Å²) >= 11 is 0. The molecule has 1 aliphatic rings. The number of nitrogens with zero attached hydrogens (tertiary/aromatic N) is 4. The molecular weight excluding hydrogens is 364 g/mol. The van der Waals surface area contributed by atoms with Crippen LogP contribution in [0.2, 0.25) is 0 Å². The lowest BCUT2D eigenvalue weighted by Crippen LogP contribution is -2.28.